The highest BCUT2D eigenvalue weighted by Gasteiger charge is 2.35. The van der Waals surface area contributed by atoms with E-state index in [0.717, 1.165) is 25.8 Å². The number of carboxylic acids is 1. The van der Waals surface area contributed by atoms with Crippen molar-refractivity contribution >= 4 is 5.97 Å². The lowest BCUT2D eigenvalue weighted by atomic mass is 9.77. The largest absolute Gasteiger partial charge is 0.481 e. The Morgan fingerprint density at radius 3 is 2.50 bits per heavy atom. The Bertz CT molecular complexity index is 184. The number of rotatable bonds is 7. The highest BCUT2D eigenvalue weighted by molar-refractivity contribution is 5.66. The Balaban J connectivity index is 2.00. The number of aliphatic hydroxyl groups excluding tert-OH is 1. The first-order valence-electron chi connectivity index (χ1n) is 5.26. The third-order valence-corrected chi connectivity index (χ3v) is 2.93. The van der Waals surface area contributed by atoms with E-state index in [0.29, 0.717) is 6.42 Å². The number of unbranched alkanes of at least 4 members (excludes halogenated alkanes) is 1. The zero-order valence-corrected chi connectivity index (χ0v) is 8.46. The predicted molar refractivity (Wildman–Crippen MR) is 53.2 cm³/mol. The van der Waals surface area contributed by atoms with Gasteiger partial charge in [0.25, 0.3) is 0 Å². The second-order valence-corrected chi connectivity index (χ2v) is 4.07. The standard InChI is InChI=1S/C10H19NO3/c12-8-10(5-3-6-10)11-7-2-1-4-9(13)14/h11-12H,1-8H2,(H,13,14). The molecule has 4 nitrogen and oxygen atoms in total. The molecular formula is C10H19NO3. The molecule has 0 aromatic rings. The lowest BCUT2D eigenvalue weighted by Gasteiger charge is -2.41. The monoisotopic (exact) mass is 201 g/mol. The van der Waals surface area contributed by atoms with Gasteiger partial charge in [-0.3, -0.25) is 4.79 Å². The van der Waals surface area contributed by atoms with Crippen LogP contribution in [0.25, 0.3) is 0 Å². The molecule has 1 saturated carbocycles. The lowest BCUT2D eigenvalue weighted by Crippen LogP contribution is -2.54. The second-order valence-electron chi connectivity index (χ2n) is 4.07. The minimum Gasteiger partial charge on any atom is -0.481 e. The summed E-state index contributed by atoms with van der Waals surface area (Å²) in [5, 5.41) is 20.9. The molecule has 1 aliphatic rings. The van der Waals surface area contributed by atoms with Crippen molar-refractivity contribution in [2.24, 2.45) is 0 Å². The fourth-order valence-corrected chi connectivity index (χ4v) is 1.75. The van der Waals surface area contributed by atoms with Gasteiger partial charge in [-0.25, -0.2) is 0 Å². The van der Waals surface area contributed by atoms with Crippen molar-refractivity contribution in [3.05, 3.63) is 0 Å². The maximum atomic E-state index is 10.2. The third kappa shape index (κ3) is 3.27. The first-order valence-corrected chi connectivity index (χ1v) is 5.26. The predicted octanol–water partition coefficient (Wildman–Crippen LogP) is 0.746. The van der Waals surface area contributed by atoms with Crippen LogP contribution < -0.4 is 5.32 Å². The molecule has 0 saturated heterocycles. The van der Waals surface area contributed by atoms with E-state index in [1.165, 1.54) is 6.42 Å². The molecule has 0 radical (unpaired) electrons. The molecule has 3 N–H and O–H groups in total. The smallest absolute Gasteiger partial charge is 0.303 e. The van der Waals surface area contributed by atoms with Crippen LogP contribution in [0.3, 0.4) is 0 Å². The van der Waals surface area contributed by atoms with Gasteiger partial charge in [-0.1, -0.05) is 0 Å². The molecule has 0 spiro atoms. The van der Waals surface area contributed by atoms with Gasteiger partial charge in [-0.15, -0.1) is 0 Å². The molecule has 0 aromatic carbocycles. The van der Waals surface area contributed by atoms with Crippen LogP contribution in [0.1, 0.15) is 38.5 Å². The molecule has 0 aliphatic heterocycles. The van der Waals surface area contributed by atoms with Gasteiger partial charge >= 0.3 is 5.97 Å². The molecule has 0 unspecified atom stereocenters. The Morgan fingerprint density at radius 1 is 1.36 bits per heavy atom. The van der Waals surface area contributed by atoms with E-state index in [4.69, 9.17) is 10.2 Å². The van der Waals surface area contributed by atoms with Crippen LogP contribution in [0.15, 0.2) is 0 Å². The summed E-state index contributed by atoms with van der Waals surface area (Å²) in [6, 6.07) is 0. The average molecular weight is 201 g/mol. The molecule has 1 fully saturated rings. The molecule has 1 rings (SSSR count). The summed E-state index contributed by atoms with van der Waals surface area (Å²) in [4.78, 5) is 10.2. The lowest BCUT2D eigenvalue weighted by molar-refractivity contribution is -0.137. The van der Waals surface area contributed by atoms with E-state index >= 15 is 0 Å². The van der Waals surface area contributed by atoms with Crippen LogP contribution in [-0.4, -0.2) is 34.9 Å². The molecule has 4 heteroatoms. The highest BCUT2D eigenvalue weighted by Crippen LogP contribution is 2.30. The van der Waals surface area contributed by atoms with Gasteiger partial charge in [-0.05, 0) is 38.6 Å². The summed E-state index contributed by atoms with van der Waals surface area (Å²) in [5.74, 6) is -0.731. The number of aliphatic hydroxyl groups is 1. The van der Waals surface area contributed by atoms with E-state index < -0.39 is 5.97 Å². The van der Waals surface area contributed by atoms with Crippen molar-refractivity contribution in [2.45, 2.75) is 44.1 Å². The third-order valence-electron chi connectivity index (χ3n) is 2.93. The van der Waals surface area contributed by atoms with E-state index in [-0.39, 0.29) is 18.6 Å². The number of carbonyl (C=O) groups is 1. The minimum absolute atomic E-state index is 0.0385. The van der Waals surface area contributed by atoms with Crippen LogP contribution in [-0.2, 0) is 4.79 Å². The van der Waals surface area contributed by atoms with Crippen LogP contribution in [0, 0.1) is 0 Å². The molecule has 1 aliphatic carbocycles. The van der Waals surface area contributed by atoms with Crippen molar-refractivity contribution in [1.29, 1.82) is 0 Å². The first kappa shape index (κ1) is 11.5. The topological polar surface area (TPSA) is 69.6 Å². The molecule has 0 bridgehead atoms. The van der Waals surface area contributed by atoms with E-state index in [9.17, 15) is 4.79 Å². The van der Waals surface area contributed by atoms with Crippen molar-refractivity contribution in [2.75, 3.05) is 13.2 Å². The SMILES string of the molecule is O=C(O)CCCCNC1(CO)CCC1. The minimum atomic E-state index is -0.731. The van der Waals surface area contributed by atoms with Crippen LogP contribution in [0.2, 0.25) is 0 Å². The van der Waals surface area contributed by atoms with Crippen molar-refractivity contribution < 1.29 is 15.0 Å². The van der Waals surface area contributed by atoms with E-state index in [1.54, 1.807) is 0 Å². The summed E-state index contributed by atoms with van der Waals surface area (Å²) in [7, 11) is 0. The zero-order chi connectivity index (χ0) is 10.4. The van der Waals surface area contributed by atoms with Crippen molar-refractivity contribution in [3.63, 3.8) is 0 Å². The molecule has 0 atom stereocenters. The second kappa shape index (κ2) is 5.32. The van der Waals surface area contributed by atoms with Gasteiger partial charge < -0.3 is 15.5 Å². The normalized spacial score (nSPS) is 18.9. The molecule has 0 heterocycles. The van der Waals surface area contributed by atoms with E-state index in [2.05, 4.69) is 5.32 Å². The fraction of sp³-hybridized carbons (Fsp3) is 0.900. The molecular weight excluding hydrogens is 182 g/mol. The van der Waals surface area contributed by atoms with Crippen molar-refractivity contribution in [1.82, 2.24) is 5.32 Å². The first-order chi connectivity index (χ1) is 6.68. The fourth-order valence-electron chi connectivity index (χ4n) is 1.75. The summed E-state index contributed by atoms with van der Waals surface area (Å²) in [5.41, 5.74) is -0.0385. The number of nitrogens with one attached hydrogen (secondary N) is 1. The maximum Gasteiger partial charge on any atom is 0.303 e. The van der Waals surface area contributed by atoms with Gasteiger partial charge in [0.2, 0.25) is 0 Å². The summed E-state index contributed by atoms with van der Waals surface area (Å²) >= 11 is 0. The van der Waals surface area contributed by atoms with Crippen LogP contribution in [0.5, 0.6) is 0 Å². The van der Waals surface area contributed by atoms with Gasteiger partial charge in [-0.2, -0.15) is 0 Å². The number of carboxylic acid groups (broad SMARTS) is 1. The number of hydrogen-bond acceptors (Lipinski definition) is 3. The van der Waals surface area contributed by atoms with Crippen LogP contribution >= 0.6 is 0 Å². The van der Waals surface area contributed by atoms with Gasteiger partial charge in [0.15, 0.2) is 0 Å². The Labute approximate surface area is 84.3 Å². The molecule has 82 valence electrons. The molecule has 14 heavy (non-hydrogen) atoms. The Hall–Kier alpha value is -0.610. The number of aliphatic carboxylic acids is 1. The highest BCUT2D eigenvalue weighted by atomic mass is 16.4. The quantitative estimate of drug-likeness (QED) is 0.531. The summed E-state index contributed by atoms with van der Waals surface area (Å²) < 4.78 is 0. The maximum absolute atomic E-state index is 10.2. The van der Waals surface area contributed by atoms with Crippen LogP contribution in [0.4, 0.5) is 0 Å². The van der Waals surface area contributed by atoms with Gasteiger partial charge in [0, 0.05) is 12.0 Å². The Kier molecular flexibility index (Phi) is 4.35. The zero-order valence-electron chi connectivity index (χ0n) is 8.46. The average Bonchev–Trinajstić information content (AvgIpc) is 2.08. The summed E-state index contributed by atoms with van der Waals surface area (Å²) in [6.45, 7) is 1.01. The number of hydrogen-bond donors (Lipinski definition) is 3. The summed E-state index contributed by atoms with van der Waals surface area (Å²) in [6.07, 6.45) is 5.10. The van der Waals surface area contributed by atoms with Gasteiger partial charge in [0.1, 0.15) is 0 Å². The van der Waals surface area contributed by atoms with Crippen molar-refractivity contribution in [3.8, 4) is 0 Å². The Morgan fingerprint density at radius 2 is 2.07 bits per heavy atom. The van der Waals surface area contributed by atoms with E-state index in [1.807, 2.05) is 0 Å². The van der Waals surface area contributed by atoms with Gasteiger partial charge in [0.05, 0.1) is 6.61 Å². The molecule has 0 amide bonds. The molecule has 0 aromatic heterocycles.